The van der Waals surface area contributed by atoms with Crippen molar-refractivity contribution in [3.8, 4) is 28.7 Å². The molecule has 150 heavy (non-hydrogen) atoms. The number of hydrogen-bond acceptors (Lipinski definition) is 23. The Labute approximate surface area is 880 Å². The van der Waals surface area contributed by atoms with E-state index in [1.165, 1.54) is 35.6 Å². The first-order valence-corrected chi connectivity index (χ1v) is 63.1. The minimum atomic E-state index is -4.08. The molecule has 10 bridgehead atoms. The van der Waals surface area contributed by atoms with Crippen LogP contribution in [0.15, 0.2) is 103 Å². The number of carbonyl (C=O) groups excluding carboxylic acids is 5. The molecule has 5 saturated carbocycles. The summed E-state index contributed by atoms with van der Waals surface area (Å²) in [4.78, 5) is 73.4. The highest BCUT2D eigenvalue weighted by molar-refractivity contribution is 7.98. The van der Waals surface area contributed by atoms with Crippen LogP contribution >= 0.6 is 0 Å². The van der Waals surface area contributed by atoms with Crippen molar-refractivity contribution in [1.29, 1.82) is 0 Å². The zero-order valence-electron chi connectivity index (χ0n) is 86.8. The number of nitrogens with zero attached hydrogens (tertiary/aromatic N) is 5. The highest BCUT2D eigenvalue weighted by Gasteiger charge is 2.53. The number of sulfonamides is 3. The summed E-state index contributed by atoms with van der Waals surface area (Å²) in [6.45, 7) is 6.59. The lowest BCUT2D eigenvalue weighted by Crippen LogP contribution is -2.62. The molecule has 5 N–H and O–H groups in total. The van der Waals surface area contributed by atoms with Crippen molar-refractivity contribution in [2.24, 2.45) is 0 Å². The van der Waals surface area contributed by atoms with Crippen LogP contribution in [0.5, 0.6) is 28.7 Å². The molecule has 15 aliphatic heterocycles. The number of amides is 5. The second kappa shape index (κ2) is 49.8. The van der Waals surface area contributed by atoms with Gasteiger partial charge in [0.15, 0.2) is 48.6 Å². The minimum absolute atomic E-state index is 0.00269. The van der Waals surface area contributed by atoms with Gasteiger partial charge in [-0.3, -0.25) is 32.4 Å². The molecule has 830 valence electrons. The Morgan fingerprint density at radius 2 is 0.633 bits per heavy atom. The number of ether oxygens (including phenoxy) is 10. The molecule has 43 heteroatoms. The molecule has 5 amide bonds. The Morgan fingerprint density at radius 3 is 0.993 bits per heavy atom. The predicted octanol–water partition coefficient (Wildman–Crippen LogP) is 11.8. The van der Waals surface area contributed by atoms with E-state index in [4.69, 9.17) is 47.4 Å². The van der Waals surface area contributed by atoms with Crippen LogP contribution in [0.1, 0.15) is 251 Å². The van der Waals surface area contributed by atoms with Crippen molar-refractivity contribution in [2.75, 3.05) is 110 Å². The van der Waals surface area contributed by atoms with Crippen LogP contribution in [0, 0.1) is 17.5 Å². The molecule has 0 radical (unpaired) electrons. The van der Waals surface area contributed by atoms with Crippen LogP contribution in [-0.4, -0.2) is 319 Å². The molecule has 33 nitrogen and oxygen atoms in total. The van der Waals surface area contributed by atoms with Gasteiger partial charge in [-0.1, -0.05) is 66.7 Å². The Hall–Kier alpha value is -8.41. The van der Waals surface area contributed by atoms with Gasteiger partial charge in [-0.25, -0.2) is 62.0 Å². The van der Waals surface area contributed by atoms with E-state index in [-0.39, 0.29) is 164 Å². The van der Waals surface area contributed by atoms with Gasteiger partial charge < -0.3 is 71.9 Å². The molecular formula is C107H149F5N10O23S5. The third-order valence-corrected chi connectivity index (χ3v) is 35.9. The van der Waals surface area contributed by atoms with Crippen LogP contribution in [0.3, 0.4) is 0 Å². The minimum Gasteiger partial charge on any atom is -0.481 e. The van der Waals surface area contributed by atoms with E-state index in [2.05, 4.69) is 47.5 Å². The third kappa shape index (κ3) is 29.9. The quantitative estimate of drug-likeness (QED) is 0.0640. The first-order valence-electron chi connectivity index (χ1n) is 53.2. The summed E-state index contributed by atoms with van der Waals surface area (Å²) in [5, 5.41) is 0. The number of rotatable bonds is 10. The number of fused-ring (bicyclic) bond motifs is 25. The summed E-state index contributed by atoms with van der Waals surface area (Å²) >= 11 is 0. The molecule has 5 aliphatic carbocycles. The van der Waals surface area contributed by atoms with E-state index < -0.39 is 103 Å². The Bertz CT molecular complexity index is 5990. The Kier molecular flexibility index (Phi) is 37.9. The van der Waals surface area contributed by atoms with Crippen molar-refractivity contribution >= 4 is 90.8 Å². The molecule has 0 aromatic heterocycles. The largest absolute Gasteiger partial charge is 0.482 e. The number of alkyl halides is 2. The first-order chi connectivity index (χ1) is 71.3. The fraction of sp³-hybridized carbons (Fsp3) is 0.654. The lowest BCUT2D eigenvalue weighted by atomic mass is 9.82. The maximum Gasteiger partial charge on any atom is 0.482 e. The summed E-state index contributed by atoms with van der Waals surface area (Å²) in [6, 6.07) is 26.0. The lowest BCUT2D eigenvalue weighted by Gasteiger charge is -2.42. The number of carbonyl (C=O) groups is 5. The van der Waals surface area contributed by atoms with Crippen molar-refractivity contribution in [1.82, 2.24) is 48.1 Å². The Morgan fingerprint density at radius 1 is 0.333 bits per heavy atom. The topological polar surface area (TPSA) is 391 Å². The molecular weight excluding hydrogens is 2050 g/mol. The van der Waals surface area contributed by atoms with E-state index in [0.29, 0.717) is 114 Å². The highest BCUT2D eigenvalue weighted by Crippen LogP contribution is 2.48. The SMILES string of the molecule is C=S(C)(=O)N[C@H]1CCN2C(=O)COc3c(F)cc(F)cc3C3CCC(CC3)OCC12.C=S(C)(=O)N[C@H]1CCN2C(=O)COc3c(F)cccc3C3CCC(CC3)OCC12.CS(=O)(=O)N[C@H]1CCCN2C(=O)C(F)(F)Oc3ccccc3C3CCC(CC3)OCC12.C[C@@H]1Oc2ccccc2C2CCC(CC2)OCC2[C@@H](NS(C)(=O)=O)CCCN2C1=O.C[C@H]1Oc2ccccc2C2CCC(CC2)OCC2[C@@H](NS(C)(=O)=O)CCCN2C1=O. The number of halogens is 5. The lowest BCUT2D eigenvalue weighted by molar-refractivity contribution is -0.208. The molecule has 14 atom stereocenters. The fourth-order valence-electron chi connectivity index (χ4n) is 24.9. The molecule has 5 aromatic rings. The van der Waals surface area contributed by atoms with Crippen LogP contribution in [0.2, 0.25) is 0 Å². The normalized spacial score (nSPS) is 32.2. The molecule has 5 aromatic carbocycles. The number of hydrogen-bond donors (Lipinski definition) is 5. The van der Waals surface area contributed by atoms with E-state index in [1.807, 2.05) is 42.5 Å². The van der Waals surface area contributed by atoms with Gasteiger partial charge in [0.1, 0.15) is 23.1 Å². The smallest absolute Gasteiger partial charge is 0.481 e. The predicted molar refractivity (Wildman–Crippen MR) is 560 cm³/mol. The van der Waals surface area contributed by atoms with E-state index in [0.717, 1.165) is 188 Å². The number of benzene rings is 5. The van der Waals surface area contributed by atoms with Gasteiger partial charge in [0.2, 0.25) is 30.1 Å². The summed E-state index contributed by atoms with van der Waals surface area (Å²) in [5.41, 5.74) is 4.34. The maximum atomic E-state index is 15.1. The first kappa shape index (κ1) is 114. The molecule has 10 fully saturated rings. The Balaban J connectivity index is 0.000000133. The average Bonchev–Trinajstić information content (AvgIpc) is 1.25. The second-order valence-corrected chi connectivity index (χ2v) is 53.2. The number of nitrogens with one attached hydrogen (secondary N) is 5. The van der Waals surface area contributed by atoms with Gasteiger partial charge in [0.05, 0.1) is 113 Å². The van der Waals surface area contributed by atoms with Crippen molar-refractivity contribution in [3.05, 3.63) is 148 Å². The van der Waals surface area contributed by atoms with E-state index in [1.54, 1.807) is 64.0 Å². The summed E-state index contributed by atoms with van der Waals surface area (Å²) < 4.78 is 243. The number of piperidine rings is 3. The number of para-hydroxylation sites is 4. The van der Waals surface area contributed by atoms with E-state index >= 15 is 8.78 Å². The zero-order valence-corrected chi connectivity index (χ0v) is 90.9. The van der Waals surface area contributed by atoms with Crippen molar-refractivity contribution < 1.29 is 127 Å². The average molecular weight is 2200 g/mol. The molecule has 20 aliphatic rings. The summed E-state index contributed by atoms with van der Waals surface area (Å²) in [7, 11) is -15.2. The second-order valence-electron chi connectivity index (χ2n) is 43.4. The summed E-state index contributed by atoms with van der Waals surface area (Å²) in [6.07, 6.45) is 24.0. The third-order valence-electron chi connectivity index (χ3n) is 32.1. The van der Waals surface area contributed by atoms with Crippen LogP contribution in [0.4, 0.5) is 22.0 Å². The molecule has 7 unspecified atom stereocenters. The van der Waals surface area contributed by atoms with Gasteiger partial charge in [-0.2, -0.15) is 8.78 Å². The fourth-order valence-corrected chi connectivity index (χ4v) is 29.2. The van der Waals surface area contributed by atoms with Gasteiger partial charge in [-0.05, 0) is 282 Å². The maximum absolute atomic E-state index is 15.1. The molecule has 25 rings (SSSR count). The van der Waals surface area contributed by atoms with Crippen LogP contribution in [-0.2, 0) is 97.1 Å². The zero-order chi connectivity index (χ0) is 107. The summed E-state index contributed by atoms with van der Waals surface area (Å²) in [5.74, 6) is 6.05. The monoisotopic (exact) mass is 2200 g/mol. The molecule has 0 spiro atoms. The molecule has 5 saturated heterocycles. The molecule has 15 heterocycles. The van der Waals surface area contributed by atoms with Crippen LogP contribution < -0.4 is 47.3 Å². The van der Waals surface area contributed by atoms with Gasteiger partial charge in [0.25, 0.3) is 23.6 Å². The van der Waals surface area contributed by atoms with Crippen molar-refractivity contribution in [2.45, 2.75) is 332 Å². The van der Waals surface area contributed by atoms with Crippen molar-refractivity contribution in [3.63, 3.8) is 0 Å². The van der Waals surface area contributed by atoms with E-state index in [9.17, 15) is 70.8 Å². The van der Waals surface area contributed by atoms with Gasteiger partial charge in [-0.15, -0.1) is 0 Å². The highest BCUT2D eigenvalue weighted by atomic mass is 32.2. The van der Waals surface area contributed by atoms with Crippen LogP contribution in [0.25, 0.3) is 0 Å². The van der Waals surface area contributed by atoms with Gasteiger partial charge in [0, 0.05) is 112 Å². The van der Waals surface area contributed by atoms with Gasteiger partial charge >= 0.3 is 12.0 Å². The standard InChI is InChI=1S/2C22H32N2O5S.C21H28F2N2O5S.C21H28F2N2O4S.C21H29FN2O4S/c2*1-15-22(25)24-13-5-7-19(23-30(2,26)27)20(24)14-28-17-11-9-16(10-12-17)18-6-3-4-8-21(18)29-15;1-31(27,28)24-17-6-4-12-25-18(17)13-29-15-10-8-14(9-11-15)16-5-2-3-7-19(16)30-21(22,23)20(25)26;1-30(2,27)24-18-7-8-25-19(18)11-28-15-5-3-13(4-6-15)16-9-14(22)10-17(23)21(16)29-12-20(25)26;1-29(2,26)23-18-10-11-24-19(18)12-27-15-8-6-14(7-9-15)16-4-3-5-17(22)21(16)28-13-20(24)25/h2*3-4,6,8,15-17,19-20,23H,5,7,9-14H2,1-2H3;2-3,5,7,14-15,17-18,24H,4,6,8-13H2,1H3;9-10,13,15,18-19H,1,3-8,11-12H2,2H3,(H,24,27);3-5,14-15,18-19H,1,6-13H2,2H3,(H,23,26)/t15-,16?,17?,19+,20?;15-,16?,17?,19-,20?;14?,15?,17-,18?;13?,15?,18-,19?,30?;14?,15?,18-,19?,29?/m10000/s1.